The van der Waals surface area contributed by atoms with Crippen LogP contribution in [0.15, 0.2) is 0 Å². The van der Waals surface area contributed by atoms with Gasteiger partial charge in [0.2, 0.25) is 5.91 Å². The molecule has 1 aliphatic carbocycles. The number of carbonyl (C=O) groups excluding carboxylic acids is 2. The Labute approximate surface area is 126 Å². The summed E-state index contributed by atoms with van der Waals surface area (Å²) in [6, 6.07) is 0.184. The largest absolute Gasteiger partial charge is 0.378 e. The molecule has 0 N–H and O–H groups in total. The highest BCUT2D eigenvalue weighted by Crippen LogP contribution is 2.34. The summed E-state index contributed by atoms with van der Waals surface area (Å²) in [6.07, 6.45) is 4.95. The van der Waals surface area contributed by atoms with Crippen LogP contribution in [0.3, 0.4) is 0 Å². The highest BCUT2D eigenvalue weighted by Gasteiger charge is 2.41. The average molecular weight is 294 g/mol. The molecule has 0 aromatic rings. The minimum absolute atomic E-state index is 0.107. The Morgan fingerprint density at radius 2 is 1.95 bits per heavy atom. The van der Waals surface area contributed by atoms with E-state index < -0.39 is 0 Å². The van der Waals surface area contributed by atoms with Crippen molar-refractivity contribution in [3.8, 4) is 0 Å². The number of amides is 1. The summed E-state index contributed by atoms with van der Waals surface area (Å²) in [5.41, 5.74) is 0. The van der Waals surface area contributed by atoms with Gasteiger partial charge in [-0.25, -0.2) is 0 Å². The number of morpholine rings is 1. The maximum absolute atomic E-state index is 12.7. The van der Waals surface area contributed by atoms with Crippen molar-refractivity contribution in [3.63, 3.8) is 0 Å². The van der Waals surface area contributed by atoms with Crippen LogP contribution in [0, 0.1) is 5.92 Å². The number of carbonyl (C=O) groups is 2. The summed E-state index contributed by atoms with van der Waals surface area (Å²) >= 11 is 0. The molecular formula is C16H26N2O3. The van der Waals surface area contributed by atoms with E-state index in [4.69, 9.17) is 4.74 Å². The molecule has 0 aromatic carbocycles. The predicted molar refractivity (Wildman–Crippen MR) is 78.9 cm³/mol. The maximum Gasteiger partial charge on any atom is 0.239 e. The molecule has 21 heavy (non-hydrogen) atoms. The quantitative estimate of drug-likeness (QED) is 0.781. The van der Waals surface area contributed by atoms with Gasteiger partial charge in [-0.2, -0.15) is 0 Å². The Morgan fingerprint density at radius 1 is 1.19 bits per heavy atom. The van der Waals surface area contributed by atoms with Gasteiger partial charge >= 0.3 is 0 Å². The lowest BCUT2D eigenvalue weighted by molar-refractivity contribution is -0.142. The van der Waals surface area contributed by atoms with Gasteiger partial charge in [-0.3, -0.25) is 14.5 Å². The number of ether oxygens (including phenoxy) is 1. The Morgan fingerprint density at radius 3 is 2.62 bits per heavy atom. The van der Waals surface area contributed by atoms with E-state index in [1.807, 2.05) is 11.8 Å². The normalized spacial score (nSPS) is 32.6. The first-order valence-corrected chi connectivity index (χ1v) is 8.33. The molecule has 3 rings (SSSR count). The van der Waals surface area contributed by atoms with E-state index in [-0.39, 0.29) is 17.9 Å². The van der Waals surface area contributed by atoms with Gasteiger partial charge in [-0.1, -0.05) is 0 Å². The minimum Gasteiger partial charge on any atom is -0.378 e. The molecule has 0 bridgehead atoms. The molecule has 1 amide bonds. The van der Waals surface area contributed by atoms with Gasteiger partial charge in [0, 0.05) is 31.5 Å². The Balaban J connectivity index is 1.66. The molecule has 3 atom stereocenters. The summed E-state index contributed by atoms with van der Waals surface area (Å²) in [5.74, 6) is 0.793. The molecule has 2 saturated heterocycles. The zero-order valence-corrected chi connectivity index (χ0v) is 12.9. The van der Waals surface area contributed by atoms with E-state index >= 15 is 0 Å². The van der Waals surface area contributed by atoms with Crippen molar-refractivity contribution in [1.82, 2.24) is 9.80 Å². The van der Waals surface area contributed by atoms with Gasteiger partial charge < -0.3 is 9.64 Å². The van der Waals surface area contributed by atoms with Crippen molar-refractivity contribution < 1.29 is 14.3 Å². The standard InChI is InChI=1S/C16H26N2O3/c1-12(16(20)17-8-10-21-11-9-17)18-7-3-5-14(18)13-4-2-6-15(13)19/h12-14H,2-11H2,1H3. The third-order valence-corrected chi connectivity index (χ3v) is 5.34. The summed E-state index contributed by atoms with van der Waals surface area (Å²) in [7, 11) is 0. The number of Topliss-reactive ketones (excluding diaryl/α,β-unsaturated/α-hetero) is 1. The third-order valence-electron chi connectivity index (χ3n) is 5.34. The van der Waals surface area contributed by atoms with Gasteiger partial charge in [0.25, 0.3) is 0 Å². The molecule has 5 nitrogen and oxygen atoms in total. The van der Waals surface area contributed by atoms with Crippen molar-refractivity contribution in [2.24, 2.45) is 5.92 Å². The number of likely N-dealkylation sites (tertiary alicyclic amines) is 1. The first-order valence-electron chi connectivity index (χ1n) is 8.33. The molecule has 3 aliphatic rings. The minimum atomic E-state index is -0.107. The van der Waals surface area contributed by atoms with Crippen molar-refractivity contribution in [3.05, 3.63) is 0 Å². The van der Waals surface area contributed by atoms with Crippen LogP contribution in [0.25, 0.3) is 0 Å². The smallest absolute Gasteiger partial charge is 0.239 e. The second-order valence-corrected chi connectivity index (χ2v) is 6.53. The Hall–Kier alpha value is -0.940. The summed E-state index contributed by atoms with van der Waals surface area (Å²) < 4.78 is 5.32. The fourth-order valence-electron chi connectivity index (χ4n) is 4.17. The Kier molecular flexibility index (Phi) is 4.60. The lowest BCUT2D eigenvalue weighted by atomic mass is 9.94. The van der Waals surface area contributed by atoms with Crippen LogP contribution in [0.5, 0.6) is 0 Å². The lowest BCUT2D eigenvalue weighted by Crippen LogP contribution is -2.53. The highest BCUT2D eigenvalue weighted by atomic mass is 16.5. The molecule has 0 aromatic heterocycles. The first kappa shape index (κ1) is 15.0. The van der Waals surface area contributed by atoms with Gasteiger partial charge in [0.05, 0.1) is 19.3 Å². The van der Waals surface area contributed by atoms with Crippen LogP contribution in [0.2, 0.25) is 0 Å². The number of nitrogens with zero attached hydrogens (tertiary/aromatic N) is 2. The summed E-state index contributed by atoms with van der Waals surface area (Å²) in [5, 5.41) is 0. The Bertz CT molecular complexity index is 406. The zero-order chi connectivity index (χ0) is 14.8. The van der Waals surface area contributed by atoms with Crippen LogP contribution >= 0.6 is 0 Å². The highest BCUT2D eigenvalue weighted by molar-refractivity contribution is 5.84. The van der Waals surface area contributed by atoms with Gasteiger partial charge in [-0.15, -0.1) is 0 Å². The number of hydrogen-bond acceptors (Lipinski definition) is 4. The van der Waals surface area contributed by atoms with E-state index in [2.05, 4.69) is 4.90 Å². The molecule has 0 radical (unpaired) electrons. The number of rotatable bonds is 3. The molecular weight excluding hydrogens is 268 g/mol. The van der Waals surface area contributed by atoms with Crippen molar-refractivity contribution >= 4 is 11.7 Å². The van der Waals surface area contributed by atoms with Crippen molar-refractivity contribution in [1.29, 1.82) is 0 Å². The molecule has 1 saturated carbocycles. The van der Waals surface area contributed by atoms with Gasteiger partial charge in [-0.05, 0) is 39.2 Å². The maximum atomic E-state index is 12.7. The van der Waals surface area contributed by atoms with Gasteiger partial charge in [0.1, 0.15) is 5.78 Å². The number of ketones is 1. The first-order chi connectivity index (χ1) is 10.2. The monoisotopic (exact) mass is 294 g/mol. The topological polar surface area (TPSA) is 49.9 Å². The average Bonchev–Trinajstić information content (AvgIpc) is 3.14. The van der Waals surface area contributed by atoms with Crippen molar-refractivity contribution in [2.75, 3.05) is 32.8 Å². The molecule has 2 aliphatic heterocycles. The third kappa shape index (κ3) is 2.99. The number of hydrogen-bond donors (Lipinski definition) is 0. The second kappa shape index (κ2) is 6.44. The molecule has 2 heterocycles. The fraction of sp³-hybridized carbons (Fsp3) is 0.875. The SMILES string of the molecule is CC(C(=O)N1CCOCC1)N1CCCC1C1CCCC1=O. The zero-order valence-electron chi connectivity index (χ0n) is 12.9. The van der Waals surface area contributed by atoms with E-state index in [0.717, 1.165) is 38.6 Å². The van der Waals surface area contributed by atoms with Crippen LogP contribution in [-0.2, 0) is 14.3 Å². The van der Waals surface area contributed by atoms with Crippen LogP contribution in [-0.4, -0.2) is 66.4 Å². The summed E-state index contributed by atoms with van der Waals surface area (Å²) in [6.45, 7) is 5.64. The van der Waals surface area contributed by atoms with E-state index in [1.54, 1.807) is 0 Å². The van der Waals surface area contributed by atoms with E-state index in [9.17, 15) is 9.59 Å². The van der Waals surface area contributed by atoms with Crippen LogP contribution in [0.4, 0.5) is 0 Å². The molecule has 3 fully saturated rings. The molecule has 118 valence electrons. The predicted octanol–water partition coefficient (Wildman–Crippen LogP) is 1.07. The lowest BCUT2D eigenvalue weighted by Gasteiger charge is -2.36. The van der Waals surface area contributed by atoms with Gasteiger partial charge in [0.15, 0.2) is 0 Å². The van der Waals surface area contributed by atoms with E-state index in [0.29, 0.717) is 38.1 Å². The van der Waals surface area contributed by atoms with Crippen molar-refractivity contribution in [2.45, 2.75) is 51.1 Å². The van der Waals surface area contributed by atoms with Crippen LogP contribution in [0.1, 0.15) is 39.0 Å². The molecule has 0 spiro atoms. The van der Waals surface area contributed by atoms with Crippen LogP contribution < -0.4 is 0 Å². The van der Waals surface area contributed by atoms with E-state index in [1.165, 1.54) is 0 Å². The molecule has 5 heteroatoms. The fourth-order valence-corrected chi connectivity index (χ4v) is 4.17. The molecule has 3 unspecified atom stereocenters. The summed E-state index contributed by atoms with van der Waals surface area (Å²) in [4.78, 5) is 28.9. The second-order valence-electron chi connectivity index (χ2n) is 6.53.